The maximum absolute atomic E-state index is 14.6. The molecule has 3 aromatic heterocycles. The Morgan fingerprint density at radius 3 is 2.97 bits per heavy atom. The van der Waals surface area contributed by atoms with Gasteiger partial charge in [-0.3, -0.25) is 0 Å². The Bertz CT molecular complexity index is 1210. The number of nitrogens with one attached hydrogen (secondary N) is 1. The highest BCUT2D eigenvalue weighted by molar-refractivity contribution is 7.15. The Kier molecular flexibility index (Phi) is 4.93. The largest absolute Gasteiger partial charge is 0.383 e. The summed E-state index contributed by atoms with van der Waals surface area (Å²) in [5, 5.41) is 15.1. The number of tetrazole rings is 1. The number of aromatic nitrogens is 5. The van der Waals surface area contributed by atoms with Gasteiger partial charge in [-0.2, -0.15) is 4.68 Å². The second-order valence-electron chi connectivity index (χ2n) is 6.95. The number of pyridine rings is 1. The first-order valence-electron chi connectivity index (χ1n) is 9.43. The highest BCUT2D eigenvalue weighted by Crippen LogP contribution is 2.36. The smallest absolute Gasteiger partial charge is 0.190 e. The predicted molar refractivity (Wildman–Crippen MR) is 115 cm³/mol. The van der Waals surface area contributed by atoms with Gasteiger partial charge < -0.3 is 11.1 Å². The molecule has 152 valence electrons. The molecule has 10 heteroatoms. The molecule has 5 rings (SSSR count). The highest BCUT2D eigenvalue weighted by atomic mass is 35.5. The number of anilines is 1. The number of halogens is 2. The van der Waals surface area contributed by atoms with Crippen molar-refractivity contribution in [2.75, 3.05) is 18.8 Å². The van der Waals surface area contributed by atoms with E-state index in [0.717, 1.165) is 36.4 Å². The first-order valence-corrected chi connectivity index (χ1v) is 10.6. The van der Waals surface area contributed by atoms with Crippen LogP contribution in [-0.4, -0.2) is 38.3 Å². The third kappa shape index (κ3) is 3.34. The molecule has 0 fully saturated rings. The van der Waals surface area contributed by atoms with Crippen LogP contribution in [0.15, 0.2) is 36.5 Å². The van der Waals surface area contributed by atoms with Crippen molar-refractivity contribution in [1.29, 1.82) is 0 Å². The van der Waals surface area contributed by atoms with Crippen LogP contribution in [0.4, 0.5) is 10.2 Å². The quantitative estimate of drug-likeness (QED) is 0.505. The molecule has 0 amide bonds. The van der Waals surface area contributed by atoms with Crippen LogP contribution in [0.5, 0.6) is 0 Å². The zero-order valence-electron chi connectivity index (χ0n) is 15.8. The second-order valence-corrected chi connectivity index (χ2v) is 8.50. The number of rotatable bonds is 3. The van der Waals surface area contributed by atoms with Crippen molar-refractivity contribution in [3.63, 3.8) is 0 Å². The van der Waals surface area contributed by atoms with Gasteiger partial charge >= 0.3 is 0 Å². The number of fused-ring (bicyclic) bond motifs is 1. The zero-order chi connectivity index (χ0) is 20.7. The fourth-order valence-corrected chi connectivity index (χ4v) is 4.91. The van der Waals surface area contributed by atoms with Gasteiger partial charge in [0.2, 0.25) is 0 Å². The summed E-state index contributed by atoms with van der Waals surface area (Å²) < 4.78 is 15.9. The van der Waals surface area contributed by atoms with E-state index in [4.69, 9.17) is 17.3 Å². The van der Waals surface area contributed by atoms with Crippen molar-refractivity contribution in [2.45, 2.75) is 12.8 Å². The predicted octanol–water partition coefficient (Wildman–Crippen LogP) is 3.52. The van der Waals surface area contributed by atoms with Gasteiger partial charge in [0.15, 0.2) is 11.6 Å². The van der Waals surface area contributed by atoms with Gasteiger partial charge in [0.05, 0.1) is 10.6 Å². The molecule has 0 bridgehead atoms. The molecule has 1 aromatic carbocycles. The molecule has 0 unspecified atom stereocenters. The molecule has 3 N–H and O–H groups in total. The first kappa shape index (κ1) is 19.1. The van der Waals surface area contributed by atoms with E-state index in [1.54, 1.807) is 29.7 Å². The average Bonchev–Trinajstić information content (AvgIpc) is 3.33. The molecule has 0 saturated heterocycles. The lowest BCUT2D eigenvalue weighted by atomic mass is 10.1. The summed E-state index contributed by atoms with van der Waals surface area (Å²) in [5.74, 6) is -0.0455. The number of nitrogen functional groups attached to an aromatic ring is 1. The molecule has 4 heterocycles. The van der Waals surface area contributed by atoms with Gasteiger partial charge in [0.1, 0.15) is 11.5 Å². The fraction of sp³-hybridized carbons (Fsp3) is 0.200. The number of hydrogen-bond acceptors (Lipinski definition) is 7. The Morgan fingerprint density at radius 1 is 1.20 bits per heavy atom. The van der Waals surface area contributed by atoms with Gasteiger partial charge in [0.25, 0.3) is 0 Å². The fourth-order valence-electron chi connectivity index (χ4n) is 3.54. The van der Waals surface area contributed by atoms with Crippen LogP contribution >= 0.6 is 22.9 Å². The molecular formula is C20H17ClFN7S. The summed E-state index contributed by atoms with van der Waals surface area (Å²) in [6.45, 7) is 1.96. The summed E-state index contributed by atoms with van der Waals surface area (Å²) in [5.41, 5.74) is 9.11. The first-order chi connectivity index (χ1) is 14.6. The monoisotopic (exact) mass is 441 g/mol. The highest BCUT2D eigenvalue weighted by Gasteiger charge is 2.20. The molecule has 30 heavy (non-hydrogen) atoms. The Balaban J connectivity index is 1.59. The third-order valence-corrected chi connectivity index (χ3v) is 6.65. The van der Waals surface area contributed by atoms with Gasteiger partial charge in [-0.25, -0.2) is 9.37 Å². The second kappa shape index (κ2) is 7.75. The van der Waals surface area contributed by atoms with Crippen molar-refractivity contribution in [3.8, 4) is 27.5 Å². The number of nitrogens with zero attached hydrogens (tertiary/aromatic N) is 5. The van der Waals surface area contributed by atoms with Crippen LogP contribution in [0, 0.1) is 5.82 Å². The number of nitrogens with two attached hydrogens (primary N) is 1. The Morgan fingerprint density at radius 2 is 2.07 bits per heavy atom. The minimum atomic E-state index is -0.606. The average molecular weight is 442 g/mol. The zero-order valence-corrected chi connectivity index (χ0v) is 17.3. The number of benzene rings is 1. The topological polar surface area (TPSA) is 94.5 Å². The maximum atomic E-state index is 14.6. The van der Waals surface area contributed by atoms with Gasteiger partial charge in [-0.15, -0.1) is 16.4 Å². The SMILES string of the molecule is Nc1ncc(-c2cc3c(s2)CCNCC3)cc1-c1nnnn1-c1cccc(Cl)c1F. The van der Waals surface area contributed by atoms with Crippen molar-refractivity contribution in [2.24, 2.45) is 0 Å². The van der Waals surface area contributed by atoms with Gasteiger partial charge in [0, 0.05) is 21.5 Å². The minimum Gasteiger partial charge on any atom is -0.383 e. The van der Waals surface area contributed by atoms with Gasteiger partial charge in [-0.1, -0.05) is 17.7 Å². The van der Waals surface area contributed by atoms with Crippen molar-refractivity contribution >= 4 is 28.8 Å². The molecule has 0 aliphatic carbocycles. The Labute approximate surface area is 180 Å². The van der Waals surface area contributed by atoms with Crippen LogP contribution < -0.4 is 11.1 Å². The van der Waals surface area contributed by atoms with E-state index in [9.17, 15) is 4.39 Å². The third-order valence-electron chi connectivity index (χ3n) is 5.07. The van der Waals surface area contributed by atoms with Crippen LogP contribution in [0.2, 0.25) is 5.02 Å². The normalized spacial score (nSPS) is 13.8. The summed E-state index contributed by atoms with van der Waals surface area (Å²) >= 11 is 7.69. The molecule has 4 aromatic rings. The lowest BCUT2D eigenvalue weighted by Gasteiger charge is -2.09. The summed E-state index contributed by atoms with van der Waals surface area (Å²) in [6.07, 6.45) is 3.77. The molecule has 0 radical (unpaired) electrons. The van der Waals surface area contributed by atoms with Gasteiger partial charge in [-0.05, 0) is 66.2 Å². The van der Waals surface area contributed by atoms with E-state index >= 15 is 0 Å². The van der Waals surface area contributed by atoms with Crippen molar-refractivity contribution in [1.82, 2.24) is 30.5 Å². The van der Waals surface area contributed by atoms with Crippen LogP contribution in [-0.2, 0) is 12.8 Å². The van der Waals surface area contributed by atoms with Crippen LogP contribution in [0.25, 0.3) is 27.5 Å². The van der Waals surface area contributed by atoms with E-state index in [0.29, 0.717) is 11.4 Å². The maximum Gasteiger partial charge on any atom is 0.190 e. The number of hydrogen-bond donors (Lipinski definition) is 2. The van der Waals surface area contributed by atoms with E-state index in [2.05, 4.69) is 31.9 Å². The molecule has 1 aliphatic rings. The van der Waals surface area contributed by atoms with Crippen molar-refractivity contribution < 1.29 is 4.39 Å². The lowest BCUT2D eigenvalue weighted by molar-refractivity contribution is 0.608. The molecular weight excluding hydrogens is 425 g/mol. The van der Waals surface area contributed by atoms with E-state index < -0.39 is 5.82 Å². The lowest BCUT2D eigenvalue weighted by Crippen LogP contribution is -2.16. The van der Waals surface area contributed by atoms with E-state index in [1.165, 1.54) is 21.2 Å². The minimum absolute atomic E-state index is 0.0108. The van der Waals surface area contributed by atoms with E-state index in [-0.39, 0.29) is 16.5 Å². The molecule has 0 spiro atoms. The van der Waals surface area contributed by atoms with Crippen LogP contribution in [0.1, 0.15) is 10.4 Å². The number of thiophene rings is 1. The molecule has 1 aliphatic heterocycles. The molecule has 7 nitrogen and oxygen atoms in total. The summed E-state index contributed by atoms with van der Waals surface area (Å²) in [7, 11) is 0. The molecule has 0 saturated carbocycles. The Hall–Kier alpha value is -2.88. The van der Waals surface area contributed by atoms with E-state index in [1.807, 2.05) is 6.07 Å². The van der Waals surface area contributed by atoms with Crippen molar-refractivity contribution in [3.05, 3.63) is 57.8 Å². The molecule has 0 atom stereocenters. The standard InChI is InChI=1S/C20H17ClFN7S/c21-14-2-1-3-15(18(14)22)29-20(26-27-28-29)13-8-12(10-25-19(13)23)17-9-11-4-6-24-7-5-16(11)30-17/h1-3,8-10,24H,4-7H2,(H2,23,25). The summed E-state index contributed by atoms with van der Waals surface area (Å²) in [4.78, 5) is 6.86. The van der Waals surface area contributed by atoms with Crippen LogP contribution in [0.3, 0.4) is 0 Å². The summed E-state index contributed by atoms with van der Waals surface area (Å²) in [6, 6.07) is 8.77.